The van der Waals surface area contributed by atoms with Gasteiger partial charge in [-0.2, -0.15) is 0 Å². The summed E-state index contributed by atoms with van der Waals surface area (Å²) in [5.41, 5.74) is 5.63. The molecule has 0 spiro atoms. The molecule has 0 aliphatic carbocycles. The molecule has 0 bridgehead atoms. The van der Waals surface area contributed by atoms with Gasteiger partial charge in [0.1, 0.15) is 17.3 Å². The zero-order chi connectivity index (χ0) is 23.3. The largest absolute Gasteiger partial charge is 0.455 e. The van der Waals surface area contributed by atoms with Gasteiger partial charge in [0.2, 0.25) is 0 Å². The summed E-state index contributed by atoms with van der Waals surface area (Å²) < 4.78 is 11.8. The predicted octanol–water partition coefficient (Wildman–Crippen LogP) is 5.53. The van der Waals surface area contributed by atoms with E-state index in [0.717, 1.165) is 48.9 Å². The Morgan fingerprint density at radius 2 is 1.79 bits per heavy atom. The van der Waals surface area contributed by atoms with E-state index in [1.165, 1.54) is 5.69 Å². The smallest absolute Gasteiger partial charge is 0.155 e. The fraction of sp³-hybridized carbons (Fsp3) is 0.222. The molecule has 4 aromatic rings. The summed E-state index contributed by atoms with van der Waals surface area (Å²) in [5, 5.41) is 3.40. The maximum Gasteiger partial charge on any atom is 0.155 e. The lowest BCUT2D eigenvalue weighted by Gasteiger charge is -2.29. The molecule has 0 atom stereocenters. The average molecular weight is 454 g/mol. The lowest BCUT2D eigenvalue weighted by atomic mass is 10.1. The maximum absolute atomic E-state index is 6.29. The Morgan fingerprint density at radius 3 is 2.62 bits per heavy atom. The molecule has 4 heterocycles. The van der Waals surface area contributed by atoms with Crippen molar-refractivity contribution in [3.8, 4) is 22.9 Å². The number of nitrogens with one attached hydrogen (secondary N) is 1. The normalized spacial score (nSPS) is 13.5. The van der Waals surface area contributed by atoms with Crippen LogP contribution in [0.15, 0.2) is 73.1 Å². The van der Waals surface area contributed by atoms with E-state index in [2.05, 4.69) is 32.3 Å². The quantitative estimate of drug-likeness (QED) is 0.412. The number of aromatic nitrogens is 3. The molecule has 1 aliphatic rings. The molecule has 1 saturated heterocycles. The standard InChI is InChI=1S/C27H27N5O2/c1-19-16-25(27(30-20(19)2)24-8-3-4-10-28-24)34-23-9-11-29-26(18-23)31-21-6-5-7-22(17-21)32-12-14-33-15-13-32/h3-11,16-18H,12-15H2,1-2H3,(H,29,31). The second-order valence-electron chi connectivity index (χ2n) is 8.21. The van der Waals surface area contributed by atoms with Crippen molar-refractivity contribution in [3.05, 3.63) is 84.3 Å². The topological polar surface area (TPSA) is 72.4 Å². The van der Waals surface area contributed by atoms with Gasteiger partial charge in [-0.15, -0.1) is 0 Å². The molecule has 5 rings (SSSR count). The second kappa shape index (κ2) is 9.89. The van der Waals surface area contributed by atoms with Crippen molar-refractivity contribution >= 4 is 17.2 Å². The first kappa shape index (κ1) is 21.9. The van der Waals surface area contributed by atoms with Crippen LogP contribution in [0.25, 0.3) is 11.4 Å². The molecular formula is C27H27N5O2. The molecule has 0 unspecified atom stereocenters. The Bertz CT molecular complexity index is 1270. The Morgan fingerprint density at radius 1 is 0.912 bits per heavy atom. The number of benzene rings is 1. The first-order valence-electron chi connectivity index (χ1n) is 11.4. The van der Waals surface area contributed by atoms with Crippen LogP contribution < -0.4 is 15.0 Å². The first-order chi connectivity index (χ1) is 16.7. The minimum Gasteiger partial charge on any atom is -0.455 e. The molecule has 0 radical (unpaired) electrons. The highest BCUT2D eigenvalue weighted by Gasteiger charge is 2.14. The summed E-state index contributed by atoms with van der Waals surface area (Å²) in [5.74, 6) is 2.03. The van der Waals surface area contributed by atoms with Crippen molar-refractivity contribution in [1.29, 1.82) is 0 Å². The molecule has 3 aromatic heterocycles. The van der Waals surface area contributed by atoms with E-state index in [4.69, 9.17) is 14.5 Å². The van der Waals surface area contributed by atoms with Crippen molar-refractivity contribution in [3.63, 3.8) is 0 Å². The molecule has 0 saturated carbocycles. The number of ether oxygens (including phenoxy) is 2. The molecule has 172 valence electrons. The van der Waals surface area contributed by atoms with Crippen LogP contribution in [0, 0.1) is 13.8 Å². The van der Waals surface area contributed by atoms with E-state index in [1.54, 1.807) is 12.4 Å². The van der Waals surface area contributed by atoms with Gasteiger partial charge in [-0.1, -0.05) is 12.1 Å². The summed E-state index contributed by atoms with van der Waals surface area (Å²) in [6.07, 6.45) is 3.49. The van der Waals surface area contributed by atoms with E-state index >= 15 is 0 Å². The van der Waals surface area contributed by atoms with Crippen molar-refractivity contribution < 1.29 is 9.47 Å². The number of hydrogen-bond donors (Lipinski definition) is 1. The van der Waals surface area contributed by atoms with E-state index in [0.29, 0.717) is 23.0 Å². The van der Waals surface area contributed by atoms with E-state index in [1.807, 2.05) is 62.4 Å². The van der Waals surface area contributed by atoms with E-state index in [-0.39, 0.29) is 0 Å². The van der Waals surface area contributed by atoms with Crippen LogP contribution in [0.3, 0.4) is 0 Å². The van der Waals surface area contributed by atoms with Crippen LogP contribution in [0.4, 0.5) is 17.2 Å². The molecule has 1 aromatic carbocycles. The number of aryl methyl sites for hydroxylation is 2. The monoisotopic (exact) mass is 453 g/mol. The number of morpholine rings is 1. The Kier molecular flexibility index (Phi) is 6.35. The summed E-state index contributed by atoms with van der Waals surface area (Å²) in [6.45, 7) is 7.32. The first-order valence-corrected chi connectivity index (χ1v) is 11.4. The third kappa shape index (κ3) is 5.00. The van der Waals surface area contributed by atoms with Crippen LogP contribution in [0.1, 0.15) is 11.3 Å². The summed E-state index contributed by atoms with van der Waals surface area (Å²) in [6, 6.07) is 19.8. The number of nitrogens with zero attached hydrogens (tertiary/aromatic N) is 4. The van der Waals surface area contributed by atoms with Crippen molar-refractivity contribution in [2.45, 2.75) is 13.8 Å². The van der Waals surface area contributed by atoms with Gasteiger partial charge in [0.05, 0.1) is 18.9 Å². The molecule has 1 N–H and O–H groups in total. The molecule has 0 amide bonds. The lowest BCUT2D eigenvalue weighted by Crippen LogP contribution is -2.36. The fourth-order valence-electron chi connectivity index (χ4n) is 3.86. The average Bonchev–Trinajstić information content (AvgIpc) is 2.87. The van der Waals surface area contributed by atoms with E-state index < -0.39 is 0 Å². The van der Waals surface area contributed by atoms with Gasteiger partial charge in [-0.05, 0) is 61.9 Å². The Balaban J connectivity index is 1.38. The van der Waals surface area contributed by atoms with Crippen molar-refractivity contribution in [2.75, 3.05) is 36.5 Å². The SMILES string of the molecule is Cc1cc(Oc2ccnc(Nc3cccc(N4CCOCC4)c3)c2)c(-c2ccccn2)nc1C. The molecule has 7 heteroatoms. The van der Waals surface area contributed by atoms with Crippen LogP contribution in [-0.2, 0) is 4.74 Å². The van der Waals surface area contributed by atoms with Gasteiger partial charge >= 0.3 is 0 Å². The van der Waals surface area contributed by atoms with Crippen LogP contribution >= 0.6 is 0 Å². The van der Waals surface area contributed by atoms with E-state index in [9.17, 15) is 0 Å². The molecule has 34 heavy (non-hydrogen) atoms. The van der Waals surface area contributed by atoms with Gasteiger partial charge in [0.25, 0.3) is 0 Å². The van der Waals surface area contributed by atoms with Gasteiger partial charge in [0.15, 0.2) is 5.75 Å². The molecular weight excluding hydrogens is 426 g/mol. The molecule has 7 nitrogen and oxygen atoms in total. The van der Waals surface area contributed by atoms with Gasteiger partial charge in [-0.3, -0.25) is 4.98 Å². The van der Waals surface area contributed by atoms with Crippen molar-refractivity contribution in [2.24, 2.45) is 0 Å². The predicted molar refractivity (Wildman–Crippen MR) is 134 cm³/mol. The maximum atomic E-state index is 6.29. The summed E-state index contributed by atoms with van der Waals surface area (Å²) in [7, 11) is 0. The highest BCUT2D eigenvalue weighted by atomic mass is 16.5. The fourth-order valence-corrected chi connectivity index (χ4v) is 3.86. The Hall–Kier alpha value is -3.97. The minimum atomic E-state index is 0.660. The number of anilines is 3. The number of hydrogen-bond acceptors (Lipinski definition) is 7. The summed E-state index contributed by atoms with van der Waals surface area (Å²) in [4.78, 5) is 16.0. The third-order valence-electron chi connectivity index (χ3n) is 5.79. The highest BCUT2D eigenvalue weighted by molar-refractivity contribution is 5.66. The lowest BCUT2D eigenvalue weighted by molar-refractivity contribution is 0.122. The summed E-state index contributed by atoms with van der Waals surface area (Å²) >= 11 is 0. The van der Waals surface area contributed by atoms with Crippen LogP contribution in [-0.4, -0.2) is 41.3 Å². The third-order valence-corrected chi connectivity index (χ3v) is 5.79. The van der Waals surface area contributed by atoms with Gasteiger partial charge in [-0.25, -0.2) is 9.97 Å². The Labute approximate surface area is 199 Å². The van der Waals surface area contributed by atoms with Gasteiger partial charge in [0, 0.05) is 48.6 Å². The molecule has 1 aliphatic heterocycles. The van der Waals surface area contributed by atoms with Crippen LogP contribution in [0.2, 0.25) is 0 Å². The molecule has 1 fully saturated rings. The highest BCUT2D eigenvalue weighted by Crippen LogP contribution is 2.33. The zero-order valence-corrected chi connectivity index (χ0v) is 19.4. The second-order valence-corrected chi connectivity index (χ2v) is 8.21. The zero-order valence-electron chi connectivity index (χ0n) is 19.4. The van der Waals surface area contributed by atoms with Crippen LogP contribution in [0.5, 0.6) is 11.5 Å². The van der Waals surface area contributed by atoms with Gasteiger partial charge < -0.3 is 19.7 Å². The minimum absolute atomic E-state index is 0.660. The number of pyridine rings is 3. The van der Waals surface area contributed by atoms with Crippen molar-refractivity contribution in [1.82, 2.24) is 15.0 Å². The number of rotatable bonds is 6.